The molecular weight excluding hydrogens is 559 g/mol. The van der Waals surface area contributed by atoms with Gasteiger partial charge in [0.25, 0.3) is 11.8 Å². The Balaban J connectivity index is 1.37. The third-order valence-corrected chi connectivity index (χ3v) is 8.54. The predicted molar refractivity (Wildman–Crippen MR) is 145 cm³/mol. The van der Waals surface area contributed by atoms with E-state index in [4.69, 9.17) is 0 Å². The molecule has 3 aliphatic rings. The van der Waals surface area contributed by atoms with Gasteiger partial charge in [-0.1, -0.05) is 12.8 Å². The van der Waals surface area contributed by atoms with Crippen molar-refractivity contribution in [1.29, 1.82) is 0 Å². The van der Waals surface area contributed by atoms with Crippen LogP contribution in [0.15, 0.2) is 24.5 Å². The largest absolute Gasteiger partial charge is 0.417 e. The highest BCUT2D eigenvalue weighted by Gasteiger charge is 2.37. The summed E-state index contributed by atoms with van der Waals surface area (Å²) < 4.78 is 71.1. The number of hydrogen-bond acceptors (Lipinski definition) is 5. The topological polar surface area (TPSA) is 92.2 Å². The van der Waals surface area contributed by atoms with Crippen LogP contribution in [0, 0.1) is 0 Å². The molecule has 0 radical (unpaired) electrons. The molecule has 8 nitrogen and oxygen atoms in total. The molecule has 2 aromatic heterocycles. The number of carbonyl (C=O) groups excluding carboxylic acids is 2. The molecule has 1 saturated heterocycles. The number of halogens is 5. The van der Waals surface area contributed by atoms with Gasteiger partial charge in [0.2, 0.25) is 5.91 Å². The highest BCUT2D eigenvalue weighted by molar-refractivity contribution is 5.94. The first kappa shape index (κ1) is 30.4. The zero-order valence-electron chi connectivity index (χ0n) is 23.4. The standard InChI is InChI=1S/C29H37F5N6O2/c30-28(31)11-4-13-39(18-28)14-10-20(15-26(41)36-19-5-3-6-19)37-27(42)24-16-25(40(38-24)21-7-1-2-8-21)22-17-35-12-9-23(22)29(32,33)34/h9,12,16-17,19-21H,1-8,10-11,13-15,18H2,(H,36,41)(H,37,42). The van der Waals surface area contributed by atoms with Crippen LogP contribution in [0.5, 0.6) is 0 Å². The highest BCUT2D eigenvalue weighted by atomic mass is 19.4. The van der Waals surface area contributed by atoms with Crippen LogP contribution in [0.4, 0.5) is 22.0 Å². The van der Waals surface area contributed by atoms with E-state index in [-0.39, 0.29) is 67.3 Å². The van der Waals surface area contributed by atoms with E-state index in [1.807, 2.05) is 0 Å². The second-order valence-electron chi connectivity index (χ2n) is 11.8. The van der Waals surface area contributed by atoms with Crippen molar-refractivity contribution in [2.75, 3.05) is 19.6 Å². The molecule has 1 unspecified atom stereocenters. The van der Waals surface area contributed by atoms with Gasteiger partial charge >= 0.3 is 6.18 Å². The number of carbonyl (C=O) groups is 2. The van der Waals surface area contributed by atoms with Gasteiger partial charge in [0.05, 0.1) is 23.8 Å². The molecule has 2 aliphatic carbocycles. The monoisotopic (exact) mass is 596 g/mol. The number of hydrogen-bond donors (Lipinski definition) is 2. The second-order valence-corrected chi connectivity index (χ2v) is 11.8. The quantitative estimate of drug-likeness (QED) is 0.361. The second kappa shape index (κ2) is 12.6. The van der Waals surface area contributed by atoms with E-state index in [1.165, 1.54) is 10.7 Å². The van der Waals surface area contributed by atoms with Crippen LogP contribution in [0.25, 0.3) is 11.3 Å². The lowest BCUT2D eigenvalue weighted by Crippen LogP contribution is -2.47. The number of nitrogens with zero attached hydrogens (tertiary/aromatic N) is 4. The van der Waals surface area contributed by atoms with E-state index in [9.17, 15) is 31.5 Å². The first-order valence-corrected chi connectivity index (χ1v) is 14.8. The third kappa shape index (κ3) is 7.45. The molecule has 13 heteroatoms. The molecule has 1 atom stereocenters. The molecule has 3 fully saturated rings. The van der Waals surface area contributed by atoms with Crippen molar-refractivity contribution in [2.45, 2.75) is 101 Å². The van der Waals surface area contributed by atoms with Crippen molar-refractivity contribution in [3.63, 3.8) is 0 Å². The smallest absolute Gasteiger partial charge is 0.353 e. The summed E-state index contributed by atoms with van der Waals surface area (Å²) in [5.41, 5.74) is -0.941. The van der Waals surface area contributed by atoms with E-state index < -0.39 is 29.6 Å². The van der Waals surface area contributed by atoms with E-state index in [1.54, 1.807) is 4.90 Å². The van der Waals surface area contributed by atoms with Gasteiger partial charge < -0.3 is 10.6 Å². The fraction of sp³-hybridized carbons (Fsp3) is 0.655. The Kier molecular flexibility index (Phi) is 9.14. The first-order chi connectivity index (χ1) is 20.0. The summed E-state index contributed by atoms with van der Waals surface area (Å²) in [6.45, 7) is 0.402. The van der Waals surface area contributed by atoms with Crippen LogP contribution in [0.2, 0.25) is 0 Å². The number of rotatable bonds is 10. The van der Waals surface area contributed by atoms with Gasteiger partial charge in [-0.05, 0) is 63.6 Å². The molecule has 42 heavy (non-hydrogen) atoms. The molecule has 5 rings (SSSR count). The fourth-order valence-electron chi connectivity index (χ4n) is 6.10. The minimum Gasteiger partial charge on any atom is -0.353 e. The molecule has 2 saturated carbocycles. The number of aromatic nitrogens is 3. The number of nitrogens with one attached hydrogen (secondary N) is 2. The van der Waals surface area contributed by atoms with Crippen LogP contribution in [-0.4, -0.2) is 69.1 Å². The third-order valence-electron chi connectivity index (χ3n) is 8.54. The average Bonchev–Trinajstić information content (AvgIpc) is 3.59. The van der Waals surface area contributed by atoms with Crippen molar-refractivity contribution in [2.24, 2.45) is 0 Å². The lowest BCUT2D eigenvalue weighted by atomic mass is 9.93. The van der Waals surface area contributed by atoms with Crippen molar-refractivity contribution < 1.29 is 31.5 Å². The fourth-order valence-corrected chi connectivity index (χ4v) is 6.10. The summed E-state index contributed by atoms with van der Waals surface area (Å²) in [4.78, 5) is 31.8. The molecule has 2 amide bonds. The van der Waals surface area contributed by atoms with Crippen LogP contribution in [-0.2, 0) is 11.0 Å². The lowest BCUT2D eigenvalue weighted by Gasteiger charge is -2.33. The normalized spacial score (nSPS) is 20.7. The Bertz CT molecular complexity index is 1260. The number of alkyl halides is 5. The average molecular weight is 597 g/mol. The Hall–Kier alpha value is -3.09. The number of amides is 2. The maximum absolute atomic E-state index is 14.0. The van der Waals surface area contributed by atoms with Crippen LogP contribution < -0.4 is 10.6 Å². The maximum Gasteiger partial charge on any atom is 0.417 e. The van der Waals surface area contributed by atoms with E-state index in [0.717, 1.165) is 63.4 Å². The Morgan fingerprint density at radius 2 is 1.86 bits per heavy atom. The van der Waals surface area contributed by atoms with Crippen molar-refractivity contribution in [3.8, 4) is 11.3 Å². The number of pyridine rings is 1. The molecule has 1 aliphatic heterocycles. The molecule has 230 valence electrons. The molecule has 2 aromatic rings. The lowest BCUT2D eigenvalue weighted by molar-refractivity contribution is -0.137. The summed E-state index contributed by atoms with van der Waals surface area (Å²) in [5, 5.41) is 10.2. The summed E-state index contributed by atoms with van der Waals surface area (Å²) in [6, 6.07) is 1.52. The van der Waals surface area contributed by atoms with Crippen LogP contribution in [0.1, 0.15) is 92.7 Å². The predicted octanol–water partition coefficient (Wildman–Crippen LogP) is 5.36. The van der Waals surface area contributed by atoms with Gasteiger partial charge in [0.1, 0.15) is 0 Å². The number of likely N-dealkylation sites (tertiary alicyclic amines) is 1. The summed E-state index contributed by atoms with van der Waals surface area (Å²) >= 11 is 0. The van der Waals surface area contributed by atoms with Crippen molar-refractivity contribution >= 4 is 11.8 Å². The minimum absolute atomic E-state index is 0.0382. The first-order valence-electron chi connectivity index (χ1n) is 14.8. The van der Waals surface area contributed by atoms with Gasteiger partial charge in [-0.15, -0.1) is 0 Å². The molecule has 0 aromatic carbocycles. The molecule has 3 heterocycles. The van der Waals surface area contributed by atoms with Crippen LogP contribution in [0.3, 0.4) is 0 Å². The summed E-state index contributed by atoms with van der Waals surface area (Å²) in [5.74, 6) is -3.64. The zero-order valence-corrected chi connectivity index (χ0v) is 23.4. The summed E-state index contributed by atoms with van der Waals surface area (Å²) in [7, 11) is 0. The molecule has 2 N–H and O–H groups in total. The SMILES string of the molecule is O=C(CC(CCN1CCCC(F)(F)C1)NC(=O)c1cc(-c2cnccc2C(F)(F)F)n(C2CCCC2)n1)NC1CCC1. The van der Waals surface area contributed by atoms with Crippen molar-refractivity contribution in [3.05, 3.63) is 35.8 Å². The van der Waals surface area contributed by atoms with Gasteiger partial charge in [0.15, 0.2) is 5.69 Å². The molecule has 0 spiro atoms. The van der Waals surface area contributed by atoms with Crippen molar-refractivity contribution in [1.82, 2.24) is 30.3 Å². The maximum atomic E-state index is 14.0. The number of piperidine rings is 1. The molecule has 0 bridgehead atoms. The Morgan fingerprint density at radius 3 is 2.52 bits per heavy atom. The highest BCUT2D eigenvalue weighted by Crippen LogP contribution is 2.39. The van der Waals surface area contributed by atoms with E-state index in [2.05, 4.69) is 20.7 Å². The Labute approximate surface area is 241 Å². The zero-order chi connectivity index (χ0) is 29.9. The van der Waals surface area contributed by atoms with E-state index in [0.29, 0.717) is 13.0 Å². The van der Waals surface area contributed by atoms with Gasteiger partial charge in [0, 0.05) is 49.4 Å². The van der Waals surface area contributed by atoms with Gasteiger partial charge in [-0.3, -0.25) is 24.2 Å². The van der Waals surface area contributed by atoms with Crippen LogP contribution >= 0.6 is 0 Å². The van der Waals surface area contributed by atoms with Gasteiger partial charge in [-0.2, -0.15) is 18.3 Å². The molecular formula is C29H37F5N6O2. The minimum atomic E-state index is -4.63. The summed E-state index contributed by atoms with van der Waals surface area (Å²) in [6.07, 6.45) is 4.07. The van der Waals surface area contributed by atoms with Gasteiger partial charge in [-0.25, -0.2) is 8.78 Å². The van der Waals surface area contributed by atoms with E-state index >= 15 is 0 Å². The Morgan fingerprint density at radius 1 is 1.10 bits per heavy atom.